The molecule has 356 valence electrons. The second-order valence-electron chi connectivity index (χ2n) is 17.8. The van der Waals surface area contributed by atoms with E-state index >= 15 is 0 Å². The number of hydrogen-bond donors (Lipinski definition) is 0. The van der Waals surface area contributed by atoms with E-state index in [4.69, 9.17) is 14.2 Å². The Kier molecular flexibility index (Phi) is 48.3. The predicted octanol–water partition coefficient (Wildman–Crippen LogP) is 17.3. The van der Waals surface area contributed by atoms with E-state index in [2.05, 4.69) is 57.2 Å². The Morgan fingerprint density at radius 1 is 0.344 bits per heavy atom. The highest BCUT2D eigenvalue weighted by atomic mass is 16.6. The summed E-state index contributed by atoms with van der Waals surface area (Å²) in [5.41, 5.74) is 0. The highest BCUT2D eigenvalue weighted by Crippen LogP contribution is 2.16. The summed E-state index contributed by atoms with van der Waals surface area (Å²) in [5.74, 6) is -0.927. The van der Waals surface area contributed by atoms with Crippen LogP contribution in [0.4, 0.5) is 0 Å². The Labute approximate surface area is 378 Å². The lowest BCUT2D eigenvalue weighted by atomic mass is 10.0. The molecule has 0 amide bonds. The molecule has 1 unspecified atom stereocenters. The number of esters is 3. The summed E-state index contributed by atoms with van der Waals surface area (Å²) >= 11 is 0. The Morgan fingerprint density at radius 2 is 0.639 bits per heavy atom. The number of allylic oxidation sites excluding steroid dienone is 6. The van der Waals surface area contributed by atoms with Crippen LogP contribution in [0.2, 0.25) is 0 Å². The van der Waals surface area contributed by atoms with Gasteiger partial charge in [-0.25, -0.2) is 0 Å². The van der Waals surface area contributed by atoms with Gasteiger partial charge >= 0.3 is 17.9 Å². The van der Waals surface area contributed by atoms with Crippen LogP contribution in [-0.4, -0.2) is 37.2 Å². The topological polar surface area (TPSA) is 78.9 Å². The third-order valence-corrected chi connectivity index (χ3v) is 11.7. The van der Waals surface area contributed by atoms with Gasteiger partial charge in [-0.3, -0.25) is 14.4 Å². The number of rotatable bonds is 48. The van der Waals surface area contributed by atoms with Crippen molar-refractivity contribution in [1.82, 2.24) is 0 Å². The van der Waals surface area contributed by atoms with Crippen LogP contribution in [0.3, 0.4) is 0 Å². The molecular weight excluding hydrogens is 757 g/mol. The molecule has 0 saturated heterocycles. The van der Waals surface area contributed by atoms with Crippen molar-refractivity contribution in [2.24, 2.45) is 0 Å². The van der Waals surface area contributed by atoms with Crippen molar-refractivity contribution in [2.75, 3.05) is 13.2 Å². The van der Waals surface area contributed by atoms with Crippen molar-refractivity contribution >= 4 is 17.9 Å². The molecule has 0 N–H and O–H groups in total. The van der Waals surface area contributed by atoms with Crippen molar-refractivity contribution in [3.63, 3.8) is 0 Å². The molecule has 61 heavy (non-hydrogen) atoms. The maximum atomic E-state index is 12.8. The first kappa shape index (κ1) is 58.6. The lowest BCUT2D eigenvalue weighted by molar-refractivity contribution is -0.167. The maximum absolute atomic E-state index is 12.8. The van der Waals surface area contributed by atoms with E-state index in [1.165, 1.54) is 167 Å². The third kappa shape index (κ3) is 48.5. The molecule has 0 heterocycles. The van der Waals surface area contributed by atoms with Crippen molar-refractivity contribution in [3.05, 3.63) is 36.5 Å². The van der Waals surface area contributed by atoms with Crippen LogP contribution in [0.25, 0.3) is 0 Å². The molecule has 0 rings (SSSR count). The first-order valence-electron chi connectivity index (χ1n) is 26.5. The minimum absolute atomic E-state index is 0.0833. The lowest BCUT2D eigenvalue weighted by Gasteiger charge is -2.18. The quantitative estimate of drug-likeness (QED) is 0.0262. The monoisotopic (exact) mass is 857 g/mol. The van der Waals surface area contributed by atoms with E-state index in [1.54, 1.807) is 0 Å². The fourth-order valence-electron chi connectivity index (χ4n) is 7.70. The third-order valence-electron chi connectivity index (χ3n) is 11.7. The zero-order valence-corrected chi connectivity index (χ0v) is 40.7. The summed E-state index contributed by atoms with van der Waals surface area (Å²) in [5, 5.41) is 0. The van der Waals surface area contributed by atoms with Crippen LogP contribution in [0.15, 0.2) is 36.5 Å². The molecule has 0 aliphatic rings. The van der Waals surface area contributed by atoms with Crippen molar-refractivity contribution in [1.29, 1.82) is 0 Å². The summed E-state index contributed by atoms with van der Waals surface area (Å²) in [6.07, 6.45) is 58.6. The maximum Gasteiger partial charge on any atom is 0.306 e. The molecule has 0 aromatic carbocycles. The number of hydrogen-bond acceptors (Lipinski definition) is 6. The summed E-state index contributed by atoms with van der Waals surface area (Å²) in [4.78, 5) is 37.9. The fourth-order valence-corrected chi connectivity index (χ4v) is 7.70. The molecule has 6 nitrogen and oxygen atoms in total. The van der Waals surface area contributed by atoms with Gasteiger partial charge in [0, 0.05) is 19.3 Å². The molecule has 0 bridgehead atoms. The zero-order chi connectivity index (χ0) is 44.4. The standard InChI is InChI=1S/C55H100O6/c1-4-7-10-13-16-19-22-24-25-26-27-28-29-31-33-36-39-42-45-48-54(57)60-51-52(50-59-53(56)47-44-41-38-35-32-21-18-15-12-9-6-3)61-55(58)49-46-43-40-37-34-30-23-20-17-14-11-8-5-2/h9,12,18,21,35,38,52H,4-8,10-11,13-17,19-20,22-34,36-37,39-51H2,1-3H3/b12-9-,21-18-,38-35-. The van der Waals surface area contributed by atoms with Gasteiger partial charge in [-0.15, -0.1) is 0 Å². The van der Waals surface area contributed by atoms with E-state index in [1.807, 2.05) is 0 Å². The largest absolute Gasteiger partial charge is 0.462 e. The van der Waals surface area contributed by atoms with Gasteiger partial charge in [-0.2, -0.15) is 0 Å². The molecule has 0 aromatic rings. The van der Waals surface area contributed by atoms with Crippen LogP contribution in [-0.2, 0) is 28.6 Å². The van der Waals surface area contributed by atoms with Crippen molar-refractivity contribution < 1.29 is 28.6 Å². The zero-order valence-electron chi connectivity index (χ0n) is 40.7. The minimum atomic E-state index is -0.786. The average molecular weight is 857 g/mol. The fraction of sp³-hybridized carbons (Fsp3) is 0.836. The molecular formula is C55H100O6. The van der Waals surface area contributed by atoms with Gasteiger partial charge < -0.3 is 14.2 Å². The minimum Gasteiger partial charge on any atom is -0.462 e. The molecule has 6 heteroatoms. The van der Waals surface area contributed by atoms with Gasteiger partial charge in [0.15, 0.2) is 6.10 Å². The number of carbonyl (C=O) groups is 3. The van der Waals surface area contributed by atoms with Crippen LogP contribution < -0.4 is 0 Å². The van der Waals surface area contributed by atoms with Crippen molar-refractivity contribution in [2.45, 2.75) is 284 Å². The van der Waals surface area contributed by atoms with E-state index in [0.717, 1.165) is 64.2 Å². The van der Waals surface area contributed by atoms with Crippen molar-refractivity contribution in [3.8, 4) is 0 Å². The Bertz CT molecular complexity index is 1030. The van der Waals surface area contributed by atoms with Gasteiger partial charge in [0.25, 0.3) is 0 Å². The Morgan fingerprint density at radius 3 is 1.00 bits per heavy atom. The predicted molar refractivity (Wildman–Crippen MR) is 261 cm³/mol. The number of ether oxygens (including phenoxy) is 3. The van der Waals surface area contributed by atoms with Crippen LogP contribution in [0.5, 0.6) is 0 Å². The number of carbonyl (C=O) groups excluding carboxylic acids is 3. The van der Waals surface area contributed by atoms with Crippen LogP contribution >= 0.6 is 0 Å². The Hall–Kier alpha value is -2.37. The molecule has 0 spiro atoms. The normalized spacial score (nSPS) is 12.2. The summed E-state index contributed by atoms with van der Waals surface area (Å²) < 4.78 is 16.7. The second kappa shape index (κ2) is 50.3. The molecule has 0 radical (unpaired) electrons. The average Bonchev–Trinajstić information content (AvgIpc) is 3.26. The lowest BCUT2D eigenvalue weighted by Crippen LogP contribution is -2.30. The van der Waals surface area contributed by atoms with Gasteiger partial charge in [0.2, 0.25) is 0 Å². The SMILES string of the molecule is CC/C=C\C/C=C\C/C=C\CCCC(=O)OCC(COC(=O)CCCCCCCCCCCCCCCCCCCCC)OC(=O)CCCCCCCCCCCCCCC. The van der Waals surface area contributed by atoms with Crippen LogP contribution in [0.1, 0.15) is 278 Å². The van der Waals surface area contributed by atoms with Crippen LogP contribution in [0, 0.1) is 0 Å². The van der Waals surface area contributed by atoms with Gasteiger partial charge in [0.05, 0.1) is 0 Å². The molecule has 0 aromatic heterocycles. The molecule has 0 fully saturated rings. The van der Waals surface area contributed by atoms with Gasteiger partial charge in [-0.05, 0) is 44.9 Å². The molecule has 1 atom stereocenters. The van der Waals surface area contributed by atoms with E-state index in [9.17, 15) is 14.4 Å². The summed E-state index contributed by atoms with van der Waals surface area (Å²) in [6.45, 7) is 6.50. The van der Waals surface area contributed by atoms with Gasteiger partial charge in [0.1, 0.15) is 13.2 Å². The molecule has 0 saturated carbocycles. The van der Waals surface area contributed by atoms with E-state index < -0.39 is 6.10 Å². The molecule has 0 aliphatic carbocycles. The summed E-state index contributed by atoms with van der Waals surface area (Å²) in [7, 11) is 0. The smallest absolute Gasteiger partial charge is 0.306 e. The van der Waals surface area contributed by atoms with Gasteiger partial charge in [-0.1, -0.05) is 250 Å². The second-order valence-corrected chi connectivity index (χ2v) is 17.8. The Balaban J connectivity index is 4.30. The van der Waals surface area contributed by atoms with E-state index in [-0.39, 0.29) is 31.1 Å². The van der Waals surface area contributed by atoms with E-state index in [0.29, 0.717) is 25.7 Å². The highest BCUT2D eigenvalue weighted by Gasteiger charge is 2.19. The highest BCUT2D eigenvalue weighted by molar-refractivity contribution is 5.71. The first-order valence-corrected chi connectivity index (χ1v) is 26.5. The summed E-state index contributed by atoms with van der Waals surface area (Å²) in [6, 6.07) is 0. The number of unbranched alkanes of at least 4 members (excludes halogenated alkanes) is 31. The molecule has 0 aliphatic heterocycles. The first-order chi connectivity index (χ1) is 30.0.